The van der Waals surface area contributed by atoms with Crippen LogP contribution in [0.1, 0.15) is 16.7 Å². The van der Waals surface area contributed by atoms with Crippen molar-refractivity contribution in [3.05, 3.63) is 34.9 Å². The zero-order chi connectivity index (χ0) is 13.3. The van der Waals surface area contributed by atoms with Gasteiger partial charge in [-0.05, 0) is 24.5 Å². The van der Waals surface area contributed by atoms with Gasteiger partial charge in [-0.2, -0.15) is 0 Å². The number of aliphatic hydroxyl groups excluding tert-OH is 1. The summed E-state index contributed by atoms with van der Waals surface area (Å²) in [5.41, 5.74) is 8.69. The highest BCUT2D eigenvalue weighted by Gasteiger charge is 2.33. The summed E-state index contributed by atoms with van der Waals surface area (Å²) in [6.07, 6.45) is -1.32. The van der Waals surface area contributed by atoms with E-state index in [2.05, 4.69) is 0 Å². The Morgan fingerprint density at radius 3 is 2.89 bits per heavy atom. The van der Waals surface area contributed by atoms with Crippen LogP contribution in [0.2, 0.25) is 0 Å². The number of nitrogens with zero attached hydrogens (tertiary/aromatic N) is 1. The second-order valence-corrected chi connectivity index (χ2v) is 4.76. The standard InChI is InChI=1S/C13H18N2O3/c1-8-2-3-9-7-15(13(17)18)11(12(16)6-14)5-10(9)4-8/h2-4,11-12,16H,5-7,14H2,1H3,(H,17,18)/t11-,12+/m0/s1. The van der Waals surface area contributed by atoms with Crippen molar-refractivity contribution in [3.8, 4) is 0 Å². The van der Waals surface area contributed by atoms with E-state index in [0.29, 0.717) is 13.0 Å². The lowest BCUT2D eigenvalue weighted by Crippen LogP contribution is -2.52. The van der Waals surface area contributed by atoms with Crippen LogP contribution in [0, 0.1) is 6.92 Å². The van der Waals surface area contributed by atoms with Crippen LogP contribution in [-0.4, -0.2) is 39.9 Å². The van der Waals surface area contributed by atoms with Gasteiger partial charge in [0.15, 0.2) is 0 Å². The van der Waals surface area contributed by atoms with Gasteiger partial charge >= 0.3 is 6.09 Å². The second kappa shape index (κ2) is 4.96. The number of aliphatic hydroxyl groups is 1. The Kier molecular flexibility index (Phi) is 3.54. The quantitative estimate of drug-likeness (QED) is 0.721. The predicted molar refractivity (Wildman–Crippen MR) is 67.3 cm³/mol. The van der Waals surface area contributed by atoms with Crippen LogP contribution in [-0.2, 0) is 13.0 Å². The van der Waals surface area contributed by atoms with Gasteiger partial charge in [0.05, 0.1) is 12.1 Å². The van der Waals surface area contributed by atoms with Gasteiger partial charge in [0.2, 0.25) is 0 Å². The molecule has 1 aliphatic rings. The summed E-state index contributed by atoms with van der Waals surface area (Å²) < 4.78 is 0. The largest absolute Gasteiger partial charge is 0.465 e. The number of nitrogens with two attached hydrogens (primary N) is 1. The van der Waals surface area contributed by atoms with Crippen LogP contribution in [0.25, 0.3) is 0 Å². The molecule has 1 amide bonds. The smallest absolute Gasteiger partial charge is 0.407 e. The predicted octanol–water partition coefficient (Wildman–Crippen LogP) is 0.719. The first-order valence-corrected chi connectivity index (χ1v) is 5.99. The average Bonchev–Trinajstić information content (AvgIpc) is 2.35. The molecule has 0 bridgehead atoms. The lowest BCUT2D eigenvalue weighted by atomic mass is 9.90. The molecule has 0 aromatic heterocycles. The number of hydrogen-bond donors (Lipinski definition) is 3. The van der Waals surface area contributed by atoms with Crippen molar-refractivity contribution in [1.29, 1.82) is 0 Å². The van der Waals surface area contributed by atoms with E-state index < -0.39 is 18.2 Å². The molecule has 0 spiro atoms. The summed E-state index contributed by atoms with van der Waals surface area (Å²) in [4.78, 5) is 12.5. The highest BCUT2D eigenvalue weighted by atomic mass is 16.4. The lowest BCUT2D eigenvalue weighted by Gasteiger charge is -2.37. The Hall–Kier alpha value is -1.59. The van der Waals surface area contributed by atoms with Crippen molar-refractivity contribution in [2.75, 3.05) is 6.54 Å². The minimum atomic E-state index is -1.02. The molecule has 5 nitrogen and oxygen atoms in total. The van der Waals surface area contributed by atoms with E-state index >= 15 is 0 Å². The Morgan fingerprint density at radius 2 is 2.28 bits per heavy atom. The Bertz CT molecular complexity index is 462. The minimum absolute atomic E-state index is 0.0651. The highest BCUT2D eigenvalue weighted by molar-refractivity contribution is 5.66. The minimum Gasteiger partial charge on any atom is -0.465 e. The van der Waals surface area contributed by atoms with Crippen molar-refractivity contribution >= 4 is 6.09 Å². The molecule has 1 aromatic rings. The zero-order valence-electron chi connectivity index (χ0n) is 10.3. The molecule has 0 saturated carbocycles. The van der Waals surface area contributed by atoms with E-state index in [1.54, 1.807) is 0 Å². The van der Waals surface area contributed by atoms with Crippen molar-refractivity contribution < 1.29 is 15.0 Å². The monoisotopic (exact) mass is 250 g/mol. The van der Waals surface area contributed by atoms with Crippen LogP contribution < -0.4 is 5.73 Å². The molecule has 0 unspecified atom stereocenters. The van der Waals surface area contributed by atoms with E-state index in [9.17, 15) is 15.0 Å². The number of benzene rings is 1. The molecular formula is C13H18N2O3. The van der Waals surface area contributed by atoms with Crippen LogP contribution in [0.15, 0.2) is 18.2 Å². The Balaban J connectivity index is 2.34. The SMILES string of the molecule is Cc1ccc2c(c1)C[C@@H]([C@H](O)CN)N(C(=O)O)C2. The van der Waals surface area contributed by atoms with Gasteiger partial charge in [-0.15, -0.1) is 0 Å². The topological polar surface area (TPSA) is 86.8 Å². The third-order valence-corrected chi connectivity index (χ3v) is 3.46. The molecular weight excluding hydrogens is 232 g/mol. The molecule has 0 saturated heterocycles. The first-order valence-electron chi connectivity index (χ1n) is 5.99. The lowest BCUT2D eigenvalue weighted by molar-refractivity contribution is 0.0431. The summed E-state index contributed by atoms with van der Waals surface area (Å²) in [5.74, 6) is 0. The van der Waals surface area contributed by atoms with Gasteiger partial charge in [0.1, 0.15) is 0 Å². The van der Waals surface area contributed by atoms with Gasteiger partial charge < -0.3 is 15.9 Å². The second-order valence-electron chi connectivity index (χ2n) is 4.76. The van der Waals surface area contributed by atoms with E-state index in [-0.39, 0.29) is 6.54 Å². The average molecular weight is 250 g/mol. The normalized spacial score (nSPS) is 20.4. The maximum absolute atomic E-state index is 11.2. The van der Waals surface area contributed by atoms with E-state index in [4.69, 9.17) is 5.73 Å². The Morgan fingerprint density at radius 1 is 1.56 bits per heavy atom. The molecule has 98 valence electrons. The molecule has 1 aliphatic heterocycles. The zero-order valence-corrected chi connectivity index (χ0v) is 10.3. The van der Waals surface area contributed by atoms with E-state index in [1.807, 2.05) is 25.1 Å². The summed E-state index contributed by atoms with van der Waals surface area (Å²) in [6, 6.07) is 5.51. The van der Waals surface area contributed by atoms with Gasteiger partial charge in [-0.3, -0.25) is 4.90 Å². The van der Waals surface area contributed by atoms with E-state index in [0.717, 1.165) is 16.7 Å². The van der Waals surface area contributed by atoms with E-state index in [1.165, 1.54) is 4.90 Å². The van der Waals surface area contributed by atoms with Gasteiger partial charge in [0, 0.05) is 13.1 Å². The number of carboxylic acid groups (broad SMARTS) is 1. The number of aryl methyl sites for hydroxylation is 1. The third-order valence-electron chi connectivity index (χ3n) is 3.46. The molecule has 0 aliphatic carbocycles. The number of rotatable bonds is 2. The fraction of sp³-hybridized carbons (Fsp3) is 0.462. The molecule has 2 rings (SSSR count). The number of fused-ring (bicyclic) bond motifs is 1. The van der Waals surface area contributed by atoms with Crippen LogP contribution >= 0.6 is 0 Å². The fourth-order valence-corrected chi connectivity index (χ4v) is 2.45. The molecule has 0 fully saturated rings. The van der Waals surface area contributed by atoms with Crippen LogP contribution in [0.5, 0.6) is 0 Å². The van der Waals surface area contributed by atoms with Crippen LogP contribution in [0.3, 0.4) is 0 Å². The third kappa shape index (κ3) is 2.32. The number of amides is 1. The maximum Gasteiger partial charge on any atom is 0.407 e. The van der Waals surface area contributed by atoms with Gasteiger partial charge in [0.25, 0.3) is 0 Å². The van der Waals surface area contributed by atoms with Crippen molar-refractivity contribution in [2.24, 2.45) is 5.73 Å². The van der Waals surface area contributed by atoms with Crippen molar-refractivity contribution in [3.63, 3.8) is 0 Å². The summed E-state index contributed by atoms with van der Waals surface area (Å²) >= 11 is 0. The van der Waals surface area contributed by atoms with Crippen molar-refractivity contribution in [2.45, 2.75) is 32.0 Å². The Labute approximate surface area is 106 Å². The van der Waals surface area contributed by atoms with Crippen LogP contribution in [0.4, 0.5) is 4.79 Å². The molecule has 1 heterocycles. The molecule has 0 radical (unpaired) electrons. The molecule has 4 N–H and O–H groups in total. The van der Waals surface area contributed by atoms with Crippen molar-refractivity contribution in [1.82, 2.24) is 4.90 Å². The van der Waals surface area contributed by atoms with Gasteiger partial charge in [-0.1, -0.05) is 23.8 Å². The first kappa shape index (κ1) is 12.9. The number of hydrogen-bond acceptors (Lipinski definition) is 3. The maximum atomic E-state index is 11.2. The molecule has 18 heavy (non-hydrogen) atoms. The fourth-order valence-electron chi connectivity index (χ4n) is 2.45. The van der Waals surface area contributed by atoms with Gasteiger partial charge in [-0.25, -0.2) is 4.79 Å². The molecule has 1 aromatic carbocycles. The summed E-state index contributed by atoms with van der Waals surface area (Å²) in [5, 5.41) is 19.1. The highest BCUT2D eigenvalue weighted by Crippen LogP contribution is 2.26. The molecule has 5 heteroatoms. The molecule has 2 atom stereocenters. The summed E-state index contributed by atoms with van der Waals surface area (Å²) in [7, 11) is 0. The number of carbonyl (C=O) groups is 1. The summed E-state index contributed by atoms with van der Waals surface area (Å²) in [6.45, 7) is 2.38. The first-order chi connectivity index (χ1) is 8.52.